The van der Waals surface area contributed by atoms with Crippen LogP contribution in [0.3, 0.4) is 0 Å². The van der Waals surface area contributed by atoms with E-state index in [2.05, 4.69) is 25.9 Å². The molecule has 1 aromatic heterocycles. The molecule has 0 fully saturated rings. The van der Waals surface area contributed by atoms with Gasteiger partial charge >= 0.3 is 5.97 Å². The van der Waals surface area contributed by atoms with Gasteiger partial charge in [-0.15, -0.1) is 0 Å². The van der Waals surface area contributed by atoms with E-state index in [1.165, 1.54) is 7.11 Å². The second-order valence-electron chi connectivity index (χ2n) is 4.60. The summed E-state index contributed by atoms with van der Waals surface area (Å²) in [4.78, 5) is 20.4. The molecule has 0 spiro atoms. The van der Waals surface area contributed by atoms with Crippen LogP contribution in [0.2, 0.25) is 5.15 Å². The van der Waals surface area contributed by atoms with Gasteiger partial charge in [0.15, 0.2) is 0 Å². The van der Waals surface area contributed by atoms with Crippen LogP contribution in [0.1, 0.15) is 33.0 Å². The molecule has 0 amide bonds. The van der Waals surface area contributed by atoms with Crippen molar-refractivity contribution in [2.45, 2.75) is 20.3 Å². The first-order valence-electron chi connectivity index (χ1n) is 6.28. The largest absolute Gasteiger partial charge is 0.465 e. The fourth-order valence-electron chi connectivity index (χ4n) is 2.10. The number of carbonyl (C=O) groups excluding carboxylic acids is 1. The summed E-state index contributed by atoms with van der Waals surface area (Å²) < 4.78 is 5.70. The molecule has 0 atom stereocenters. The Kier molecular flexibility index (Phi) is 4.96. The summed E-state index contributed by atoms with van der Waals surface area (Å²) in [5.74, 6) is 0.253. The smallest absolute Gasteiger partial charge is 0.338 e. The van der Waals surface area contributed by atoms with Crippen LogP contribution in [0, 0.1) is 13.8 Å². The fraction of sp³-hybridized carbons (Fsp3) is 0.267. The number of esters is 1. The van der Waals surface area contributed by atoms with Crippen molar-refractivity contribution < 1.29 is 9.53 Å². The standard InChI is InChI=1S/C15H14BrClN2O2/c1-8-13(14(17)19-9(2)18-8)7-10-6-11(16)4-5-12(10)15(20)21-3/h4-6H,7H2,1-3H3. The summed E-state index contributed by atoms with van der Waals surface area (Å²) in [5, 5.41) is 0.413. The molecule has 110 valence electrons. The molecule has 0 N–H and O–H groups in total. The third kappa shape index (κ3) is 3.60. The van der Waals surface area contributed by atoms with Crippen LogP contribution in [-0.2, 0) is 11.2 Å². The lowest BCUT2D eigenvalue weighted by Crippen LogP contribution is -2.08. The van der Waals surface area contributed by atoms with Crippen molar-refractivity contribution in [2.75, 3.05) is 7.11 Å². The molecule has 0 saturated heterocycles. The molecule has 21 heavy (non-hydrogen) atoms. The molecule has 2 rings (SSSR count). The Balaban J connectivity index is 2.49. The molecule has 0 aliphatic heterocycles. The van der Waals surface area contributed by atoms with Crippen LogP contribution in [0.25, 0.3) is 0 Å². The number of hydrogen-bond acceptors (Lipinski definition) is 4. The summed E-state index contributed by atoms with van der Waals surface area (Å²) in [6.07, 6.45) is 0.467. The first-order chi connectivity index (χ1) is 9.92. The van der Waals surface area contributed by atoms with Gasteiger partial charge in [-0.1, -0.05) is 27.5 Å². The van der Waals surface area contributed by atoms with Crippen molar-refractivity contribution >= 4 is 33.5 Å². The van der Waals surface area contributed by atoms with E-state index < -0.39 is 0 Å². The van der Waals surface area contributed by atoms with Crippen molar-refractivity contribution in [1.29, 1.82) is 0 Å². The Labute approximate surface area is 136 Å². The highest BCUT2D eigenvalue weighted by Gasteiger charge is 2.16. The van der Waals surface area contributed by atoms with Gasteiger partial charge in [-0.2, -0.15) is 0 Å². The van der Waals surface area contributed by atoms with Gasteiger partial charge in [0.25, 0.3) is 0 Å². The predicted molar refractivity (Wildman–Crippen MR) is 84.8 cm³/mol. The molecule has 0 bridgehead atoms. The molecule has 1 aromatic carbocycles. The lowest BCUT2D eigenvalue weighted by Gasteiger charge is -2.12. The van der Waals surface area contributed by atoms with Crippen molar-refractivity contribution in [3.63, 3.8) is 0 Å². The molecule has 0 radical (unpaired) electrons. The Hall–Kier alpha value is -1.46. The minimum atomic E-state index is -0.376. The first kappa shape index (κ1) is 15.9. The van der Waals surface area contributed by atoms with E-state index in [4.69, 9.17) is 16.3 Å². The van der Waals surface area contributed by atoms with Crippen molar-refractivity contribution in [1.82, 2.24) is 9.97 Å². The SMILES string of the molecule is COC(=O)c1ccc(Br)cc1Cc1c(C)nc(C)nc1Cl. The zero-order chi connectivity index (χ0) is 15.6. The number of rotatable bonds is 3. The number of aromatic nitrogens is 2. The molecule has 6 heteroatoms. The Morgan fingerprint density at radius 3 is 2.67 bits per heavy atom. The Morgan fingerprint density at radius 2 is 2.05 bits per heavy atom. The van der Waals surface area contributed by atoms with E-state index in [-0.39, 0.29) is 5.97 Å². The normalized spacial score (nSPS) is 10.5. The van der Waals surface area contributed by atoms with Gasteiger partial charge < -0.3 is 4.74 Å². The molecule has 0 aliphatic carbocycles. The lowest BCUT2D eigenvalue weighted by atomic mass is 10.00. The minimum Gasteiger partial charge on any atom is -0.465 e. The van der Waals surface area contributed by atoms with Crippen molar-refractivity contribution in [3.8, 4) is 0 Å². The van der Waals surface area contributed by atoms with Crippen molar-refractivity contribution in [2.24, 2.45) is 0 Å². The van der Waals surface area contributed by atoms with E-state index in [9.17, 15) is 4.79 Å². The molecule has 1 heterocycles. The quantitative estimate of drug-likeness (QED) is 0.608. The maximum absolute atomic E-state index is 11.9. The van der Waals surface area contributed by atoms with Gasteiger partial charge in [0.2, 0.25) is 0 Å². The van der Waals surface area contributed by atoms with E-state index in [0.717, 1.165) is 21.3 Å². The Bertz CT molecular complexity index is 681. The zero-order valence-electron chi connectivity index (χ0n) is 11.9. The molecule has 4 nitrogen and oxygen atoms in total. The van der Waals surface area contributed by atoms with E-state index in [1.54, 1.807) is 19.1 Å². The van der Waals surface area contributed by atoms with Crippen LogP contribution in [-0.4, -0.2) is 23.0 Å². The van der Waals surface area contributed by atoms with Crippen molar-refractivity contribution in [3.05, 3.63) is 56.0 Å². The number of halogens is 2. The van der Waals surface area contributed by atoms with Gasteiger partial charge in [0.05, 0.1) is 12.7 Å². The number of ether oxygens (including phenoxy) is 1. The summed E-state index contributed by atoms with van der Waals surface area (Å²) >= 11 is 9.62. The molecule has 0 aliphatic rings. The molecular formula is C15H14BrClN2O2. The molecule has 0 saturated carbocycles. The number of nitrogens with zero attached hydrogens (tertiary/aromatic N) is 2. The van der Waals surface area contributed by atoms with Crippen LogP contribution in [0.15, 0.2) is 22.7 Å². The second kappa shape index (κ2) is 6.54. The van der Waals surface area contributed by atoms with Crippen LogP contribution in [0.5, 0.6) is 0 Å². The summed E-state index contributed by atoms with van der Waals surface area (Å²) in [6.45, 7) is 3.67. The third-order valence-corrected chi connectivity index (χ3v) is 3.92. The van der Waals surface area contributed by atoms with E-state index >= 15 is 0 Å². The van der Waals surface area contributed by atoms with Crippen LogP contribution < -0.4 is 0 Å². The monoisotopic (exact) mass is 368 g/mol. The summed E-state index contributed by atoms with van der Waals surface area (Å²) in [7, 11) is 1.36. The molecule has 2 aromatic rings. The number of carbonyl (C=O) groups is 1. The number of benzene rings is 1. The van der Waals surface area contributed by atoms with Gasteiger partial charge in [-0.3, -0.25) is 0 Å². The average Bonchev–Trinajstić information content (AvgIpc) is 2.42. The highest BCUT2D eigenvalue weighted by Crippen LogP contribution is 2.25. The summed E-state index contributed by atoms with van der Waals surface area (Å²) in [6, 6.07) is 5.40. The zero-order valence-corrected chi connectivity index (χ0v) is 14.2. The highest BCUT2D eigenvalue weighted by molar-refractivity contribution is 9.10. The van der Waals surface area contributed by atoms with Gasteiger partial charge in [-0.25, -0.2) is 14.8 Å². The predicted octanol–water partition coefficient (Wildman–Crippen LogP) is 3.89. The number of hydrogen-bond donors (Lipinski definition) is 0. The van der Waals surface area contributed by atoms with Gasteiger partial charge in [-0.05, 0) is 37.6 Å². The topological polar surface area (TPSA) is 52.1 Å². The Morgan fingerprint density at radius 1 is 1.33 bits per heavy atom. The molecule has 0 unspecified atom stereocenters. The highest BCUT2D eigenvalue weighted by atomic mass is 79.9. The lowest BCUT2D eigenvalue weighted by molar-refractivity contribution is 0.0599. The average molecular weight is 370 g/mol. The van der Waals surface area contributed by atoms with Gasteiger partial charge in [0.1, 0.15) is 11.0 Å². The number of methoxy groups -OCH3 is 1. The van der Waals surface area contributed by atoms with Gasteiger partial charge in [0, 0.05) is 22.2 Å². The number of aryl methyl sites for hydroxylation is 2. The maximum Gasteiger partial charge on any atom is 0.338 e. The van der Waals surface area contributed by atoms with E-state index in [0.29, 0.717) is 23.0 Å². The van der Waals surface area contributed by atoms with Crippen LogP contribution in [0.4, 0.5) is 0 Å². The second-order valence-corrected chi connectivity index (χ2v) is 5.87. The third-order valence-electron chi connectivity index (χ3n) is 3.12. The fourth-order valence-corrected chi connectivity index (χ4v) is 2.84. The maximum atomic E-state index is 11.9. The minimum absolute atomic E-state index is 0.376. The first-order valence-corrected chi connectivity index (χ1v) is 7.45. The van der Waals surface area contributed by atoms with E-state index in [1.807, 2.05) is 13.0 Å². The van der Waals surface area contributed by atoms with Crippen LogP contribution >= 0.6 is 27.5 Å². The summed E-state index contributed by atoms with van der Waals surface area (Å²) in [5.41, 5.74) is 2.94. The molecular weight excluding hydrogens is 356 g/mol.